The molecule has 0 unspecified atom stereocenters. The van der Waals surface area contributed by atoms with Crippen molar-refractivity contribution in [3.8, 4) is 0 Å². The number of hydrogen-bond donors (Lipinski definition) is 2. The van der Waals surface area contributed by atoms with Crippen LogP contribution < -0.4 is 11.1 Å². The van der Waals surface area contributed by atoms with Crippen LogP contribution in [0.5, 0.6) is 0 Å². The molecular formula is C14H20Cl2N2. The quantitative estimate of drug-likeness (QED) is 0.768. The molecule has 1 aromatic rings. The molecule has 100 valence electrons. The Balaban J connectivity index is 1.87. The Hall–Kier alpha value is -0.440. The maximum absolute atomic E-state index is 6.01. The van der Waals surface area contributed by atoms with E-state index >= 15 is 0 Å². The first-order valence-electron chi connectivity index (χ1n) is 6.50. The van der Waals surface area contributed by atoms with Crippen molar-refractivity contribution in [3.05, 3.63) is 27.7 Å². The maximum atomic E-state index is 6.01. The molecule has 1 aliphatic rings. The van der Waals surface area contributed by atoms with Gasteiger partial charge in [0.1, 0.15) is 0 Å². The smallest absolute Gasteiger partial charge is 0.0693 e. The van der Waals surface area contributed by atoms with Crippen LogP contribution in [0.3, 0.4) is 0 Å². The molecule has 18 heavy (non-hydrogen) atoms. The Morgan fingerprint density at radius 2 is 1.89 bits per heavy atom. The molecule has 0 heterocycles. The molecule has 0 radical (unpaired) electrons. The van der Waals surface area contributed by atoms with E-state index in [4.69, 9.17) is 28.9 Å². The minimum Gasteiger partial charge on any atom is -0.396 e. The molecule has 0 saturated heterocycles. The summed E-state index contributed by atoms with van der Waals surface area (Å²) in [6.07, 6.45) is 5.30. The van der Waals surface area contributed by atoms with Gasteiger partial charge in [-0.05, 0) is 42.4 Å². The van der Waals surface area contributed by atoms with Gasteiger partial charge in [-0.2, -0.15) is 0 Å². The van der Waals surface area contributed by atoms with Crippen LogP contribution in [0.1, 0.15) is 38.2 Å². The largest absolute Gasteiger partial charge is 0.396 e. The van der Waals surface area contributed by atoms with Crippen molar-refractivity contribution >= 4 is 28.9 Å². The van der Waals surface area contributed by atoms with E-state index in [1.165, 1.54) is 25.7 Å². The van der Waals surface area contributed by atoms with Gasteiger partial charge in [0.15, 0.2) is 0 Å². The highest BCUT2D eigenvalue weighted by Gasteiger charge is 2.40. The summed E-state index contributed by atoms with van der Waals surface area (Å²) in [5, 5.41) is 4.58. The molecular weight excluding hydrogens is 267 g/mol. The number of halogens is 2. The van der Waals surface area contributed by atoms with Crippen LogP contribution in [-0.4, -0.2) is 6.54 Å². The number of nitrogens with one attached hydrogen (secondary N) is 1. The zero-order valence-corrected chi connectivity index (χ0v) is 12.2. The molecule has 2 nitrogen and oxygen atoms in total. The second-order valence-corrected chi connectivity index (χ2v) is 6.14. The Labute approximate surface area is 119 Å². The highest BCUT2D eigenvalue weighted by atomic mass is 35.5. The highest BCUT2D eigenvalue weighted by molar-refractivity contribution is 6.38. The summed E-state index contributed by atoms with van der Waals surface area (Å²) in [5.74, 6) is 0. The van der Waals surface area contributed by atoms with Gasteiger partial charge in [-0.15, -0.1) is 0 Å². The van der Waals surface area contributed by atoms with Crippen molar-refractivity contribution in [1.29, 1.82) is 0 Å². The topological polar surface area (TPSA) is 38.0 Å². The summed E-state index contributed by atoms with van der Waals surface area (Å²) in [6, 6.07) is 3.77. The number of hydrogen-bond acceptors (Lipinski definition) is 2. The van der Waals surface area contributed by atoms with Gasteiger partial charge in [0, 0.05) is 13.1 Å². The second kappa shape index (κ2) is 5.68. The van der Waals surface area contributed by atoms with Gasteiger partial charge >= 0.3 is 0 Å². The van der Waals surface area contributed by atoms with Crippen molar-refractivity contribution in [2.45, 2.75) is 39.2 Å². The van der Waals surface area contributed by atoms with Gasteiger partial charge in [-0.1, -0.05) is 36.5 Å². The zero-order chi connectivity index (χ0) is 13.2. The Bertz CT molecular complexity index is 405. The standard InChI is InChI=1S/C14H20Cl2N2/c1-2-3-14(4-5-14)9-18-8-10-6-11(15)13(17)12(16)7-10/h6-7,18H,2-5,8-9,17H2,1H3. The molecule has 1 aromatic carbocycles. The van der Waals surface area contributed by atoms with E-state index in [1.807, 2.05) is 12.1 Å². The molecule has 2 rings (SSSR count). The summed E-state index contributed by atoms with van der Waals surface area (Å²) in [6.45, 7) is 4.13. The first-order valence-corrected chi connectivity index (χ1v) is 7.26. The molecule has 1 fully saturated rings. The van der Waals surface area contributed by atoms with Crippen LogP contribution in [0.2, 0.25) is 10.0 Å². The molecule has 0 spiro atoms. The number of benzene rings is 1. The van der Waals surface area contributed by atoms with Gasteiger partial charge < -0.3 is 11.1 Å². The highest BCUT2D eigenvalue weighted by Crippen LogP contribution is 2.48. The summed E-state index contributed by atoms with van der Waals surface area (Å²) >= 11 is 12.0. The third-order valence-electron chi connectivity index (χ3n) is 3.71. The van der Waals surface area contributed by atoms with Crippen LogP contribution in [0.15, 0.2) is 12.1 Å². The van der Waals surface area contributed by atoms with E-state index in [0.29, 0.717) is 21.1 Å². The molecule has 3 N–H and O–H groups in total. The molecule has 0 aromatic heterocycles. The normalized spacial score (nSPS) is 16.8. The fourth-order valence-electron chi connectivity index (χ4n) is 2.43. The Kier molecular flexibility index (Phi) is 4.41. The first kappa shape index (κ1) is 14.0. The molecule has 0 bridgehead atoms. The van der Waals surface area contributed by atoms with Crippen molar-refractivity contribution in [1.82, 2.24) is 5.32 Å². The monoisotopic (exact) mass is 286 g/mol. The Morgan fingerprint density at radius 1 is 1.28 bits per heavy atom. The number of rotatable bonds is 6. The van der Waals surface area contributed by atoms with Gasteiger partial charge in [-0.25, -0.2) is 0 Å². The van der Waals surface area contributed by atoms with Crippen molar-refractivity contribution < 1.29 is 0 Å². The minimum absolute atomic E-state index is 0.465. The fraction of sp³-hybridized carbons (Fsp3) is 0.571. The van der Waals surface area contributed by atoms with Crippen LogP contribution in [0, 0.1) is 5.41 Å². The molecule has 1 aliphatic carbocycles. The lowest BCUT2D eigenvalue weighted by atomic mass is 10.0. The van der Waals surface area contributed by atoms with Crippen molar-refractivity contribution in [3.63, 3.8) is 0 Å². The van der Waals surface area contributed by atoms with Crippen molar-refractivity contribution in [2.75, 3.05) is 12.3 Å². The van der Waals surface area contributed by atoms with E-state index in [9.17, 15) is 0 Å². The van der Waals surface area contributed by atoms with Crippen LogP contribution >= 0.6 is 23.2 Å². The number of anilines is 1. The zero-order valence-electron chi connectivity index (χ0n) is 10.7. The average Bonchev–Trinajstić information content (AvgIpc) is 3.06. The second-order valence-electron chi connectivity index (χ2n) is 5.33. The van der Waals surface area contributed by atoms with Crippen molar-refractivity contribution in [2.24, 2.45) is 5.41 Å². The van der Waals surface area contributed by atoms with Gasteiger partial charge in [-0.3, -0.25) is 0 Å². The molecule has 0 amide bonds. The van der Waals surface area contributed by atoms with Crippen LogP contribution in [0.4, 0.5) is 5.69 Å². The number of nitrogens with two attached hydrogens (primary N) is 1. The van der Waals surface area contributed by atoms with Gasteiger partial charge in [0.05, 0.1) is 15.7 Å². The predicted molar refractivity (Wildman–Crippen MR) is 79.2 cm³/mol. The molecule has 0 aliphatic heterocycles. The summed E-state index contributed by atoms with van der Waals surface area (Å²) in [5.41, 5.74) is 7.83. The lowest BCUT2D eigenvalue weighted by Crippen LogP contribution is -2.23. The molecule has 1 saturated carbocycles. The maximum Gasteiger partial charge on any atom is 0.0693 e. The minimum atomic E-state index is 0.465. The average molecular weight is 287 g/mol. The van der Waals surface area contributed by atoms with Crippen LogP contribution in [0.25, 0.3) is 0 Å². The van der Waals surface area contributed by atoms with Crippen LogP contribution in [-0.2, 0) is 6.54 Å². The lowest BCUT2D eigenvalue weighted by molar-refractivity contribution is 0.421. The summed E-state index contributed by atoms with van der Waals surface area (Å²) in [4.78, 5) is 0. The lowest BCUT2D eigenvalue weighted by Gasteiger charge is -2.15. The third kappa shape index (κ3) is 3.31. The van der Waals surface area contributed by atoms with E-state index in [2.05, 4.69) is 12.2 Å². The predicted octanol–water partition coefficient (Wildman–Crippen LogP) is 4.25. The van der Waals surface area contributed by atoms with E-state index < -0.39 is 0 Å². The number of nitrogen functional groups attached to an aromatic ring is 1. The fourth-order valence-corrected chi connectivity index (χ4v) is 2.97. The summed E-state index contributed by atoms with van der Waals surface area (Å²) < 4.78 is 0. The third-order valence-corrected chi connectivity index (χ3v) is 4.33. The van der Waals surface area contributed by atoms with E-state index in [1.54, 1.807) is 0 Å². The summed E-state index contributed by atoms with van der Waals surface area (Å²) in [7, 11) is 0. The Morgan fingerprint density at radius 3 is 2.39 bits per heavy atom. The first-order chi connectivity index (χ1) is 8.56. The molecule has 0 atom stereocenters. The van der Waals surface area contributed by atoms with Gasteiger partial charge in [0.25, 0.3) is 0 Å². The van der Waals surface area contributed by atoms with Gasteiger partial charge in [0.2, 0.25) is 0 Å². The van der Waals surface area contributed by atoms with E-state index in [0.717, 1.165) is 18.7 Å². The van der Waals surface area contributed by atoms with E-state index in [-0.39, 0.29) is 0 Å². The SMILES string of the molecule is CCCC1(CNCc2cc(Cl)c(N)c(Cl)c2)CC1. The molecule has 4 heteroatoms.